The second kappa shape index (κ2) is 34.7. The van der Waals surface area contributed by atoms with Crippen LogP contribution in [-0.2, 0) is 76.0 Å². The average molecular weight is 1100 g/mol. The van der Waals surface area contributed by atoms with Crippen LogP contribution in [0, 0.1) is 13.8 Å². The summed E-state index contributed by atoms with van der Waals surface area (Å²) in [6, 6.07) is 38.1. The second-order valence-electron chi connectivity index (χ2n) is 21.0. The van der Waals surface area contributed by atoms with Gasteiger partial charge in [-0.25, -0.2) is 0 Å². The van der Waals surface area contributed by atoms with Crippen LogP contribution < -0.4 is 34.9 Å². The van der Waals surface area contributed by atoms with Crippen molar-refractivity contribution in [3.05, 3.63) is 165 Å². The number of nitrogens with one attached hydrogen (secondary N) is 3. The number of hydrogen-bond acceptors (Lipinski definition) is 11. The molecule has 0 fully saturated rings. The zero-order chi connectivity index (χ0) is 57.6. The summed E-state index contributed by atoms with van der Waals surface area (Å²) < 4.78 is 25.8. The first-order chi connectivity index (χ1) is 39.6. The van der Waals surface area contributed by atoms with Gasteiger partial charge in [-0.2, -0.15) is 9.59 Å². The standard InChI is InChI=1S/C34H42N2O4.C34H43NO3.CO2/c1-25(38)11-10-19-35-22-32-30-16-9-17-31(30)33(21-34(32)39-20-7-6-18-36-24-37)40-23-28-14-8-15-29(26(28)2)27-12-4-3-5-13-27;1-4-5-9-21-37-34-22-33(31-19-11-18-30(31)32(34)23-35-20-12-13-25(2)36)38-24-28-16-10-17-29(26(28)3)27-14-7-6-8-15-27;2-1-3/h3-5,8,12-15,21,24,35H,6-7,9-11,16-20,22-23H2,1-2H3,(H,36,37);6-8,10,14-17,22,35H,4-5,9,11-13,18-21,23-24H2,1-3H3;. The normalized spacial score (nSPS) is 11.9. The molecule has 0 unspecified atom stereocenters. The first-order valence-electron chi connectivity index (χ1n) is 29.3. The molecule has 0 aromatic heterocycles. The average Bonchev–Trinajstić information content (AvgIpc) is 4.38. The third-order valence-corrected chi connectivity index (χ3v) is 15.1. The molecule has 430 valence electrons. The van der Waals surface area contributed by atoms with Crippen molar-refractivity contribution in [2.75, 3.05) is 32.8 Å². The molecule has 0 atom stereocenters. The van der Waals surface area contributed by atoms with Crippen molar-refractivity contribution in [1.82, 2.24) is 16.0 Å². The Hall–Kier alpha value is -7.37. The Kier molecular flexibility index (Phi) is 26.9. The minimum Gasteiger partial charge on any atom is -0.493 e. The van der Waals surface area contributed by atoms with Crippen LogP contribution in [0.15, 0.2) is 109 Å². The van der Waals surface area contributed by atoms with Crippen LogP contribution in [0.5, 0.6) is 23.0 Å². The van der Waals surface area contributed by atoms with Crippen LogP contribution in [0.25, 0.3) is 22.3 Å². The van der Waals surface area contributed by atoms with E-state index in [0.717, 1.165) is 126 Å². The molecule has 3 N–H and O–H groups in total. The molecular formula is C69H85N3O9. The van der Waals surface area contributed by atoms with Crippen molar-refractivity contribution < 1.29 is 42.9 Å². The fourth-order valence-corrected chi connectivity index (χ4v) is 10.8. The Morgan fingerprint density at radius 3 is 1.37 bits per heavy atom. The summed E-state index contributed by atoms with van der Waals surface area (Å²) in [4.78, 5) is 49.4. The van der Waals surface area contributed by atoms with Crippen molar-refractivity contribution in [3.63, 3.8) is 0 Å². The van der Waals surface area contributed by atoms with Crippen LogP contribution in [0.2, 0.25) is 0 Å². The zero-order valence-electron chi connectivity index (χ0n) is 48.6. The fourth-order valence-electron chi connectivity index (χ4n) is 10.8. The van der Waals surface area contributed by atoms with Gasteiger partial charge < -0.3 is 44.5 Å². The van der Waals surface area contributed by atoms with Crippen LogP contribution in [0.4, 0.5) is 0 Å². The van der Waals surface area contributed by atoms with Gasteiger partial charge >= 0.3 is 6.15 Å². The molecule has 2 aliphatic carbocycles. The van der Waals surface area contributed by atoms with Gasteiger partial charge in [0.25, 0.3) is 0 Å². The third-order valence-electron chi connectivity index (χ3n) is 15.1. The van der Waals surface area contributed by atoms with E-state index in [1.54, 1.807) is 13.8 Å². The SMILES string of the molecule is CC(=O)CCCNCc1c(OCCCCNC=O)cc(OCc2cccc(-c3ccccc3)c2C)c2c1CCC2.CCCCCOc1cc(OCc2cccc(-c3ccccc3)c2C)c2c(c1CNCCCC(C)=O)CCC2.O=C=O. The summed E-state index contributed by atoms with van der Waals surface area (Å²) in [6.07, 6.45) is 15.4. The fraction of sp³-hybridized carbons (Fsp3) is 0.420. The number of rotatable bonds is 32. The van der Waals surface area contributed by atoms with Crippen molar-refractivity contribution in [2.45, 2.75) is 157 Å². The van der Waals surface area contributed by atoms with Gasteiger partial charge in [0.05, 0.1) is 13.2 Å². The Bertz CT molecular complexity index is 2970. The first kappa shape index (κ1) is 62.8. The Balaban J connectivity index is 0.000000249. The van der Waals surface area contributed by atoms with Crippen molar-refractivity contribution in [3.8, 4) is 45.3 Å². The van der Waals surface area contributed by atoms with E-state index in [1.165, 1.54) is 90.7 Å². The molecule has 0 aliphatic heterocycles. The predicted molar refractivity (Wildman–Crippen MR) is 321 cm³/mol. The lowest BCUT2D eigenvalue weighted by atomic mass is 9.97. The van der Waals surface area contributed by atoms with Gasteiger partial charge in [0, 0.05) is 55.7 Å². The smallest absolute Gasteiger partial charge is 0.373 e. The first-order valence-corrected chi connectivity index (χ1v) is 29.3. The molecule has 0 heterocycles. The Labute approximate surface area is 481 Å². The number of ketones is 2. The quantitative estimate of drug-likeness (QED) is 0.0273. The highest BCUT2D eigenvalue weighted by molar-refractivity contribution is 5.75. The van der Waals surface area contributed by atoms with E-state index in [4.69, 9.17) is 28.5 Å². The van der Waals surface area contributed by atoms with Crippen molar-refractivity contribution in [2.24, 2.45) is 0 Å². The molecule has 1 amide bonds. The monoisotopic (exact) mass is 1100 g/mol. The maximum absolute atomic E-state index is 11.3. The molecular weight excluding hydrogens is 1010 g/mol. The summed E-state index contributed by atoms with van der Waals surface area (Å²) in [6.45, 7) is 16.0. The van der Waals surface area contributed by atoms with Crippen LogP contribution >= 0.6 is 0 Å². The highest BCUT2D eigenvalue weighted by atomic mass is 16.5. The van der Waals surface area contributed by atoms with Gasteiger partial charge in [0.15, 0.2) is 0 Å². The number of unbranched alkanes of at least 4 members (excludes halogenated alkanes) is 3. The Morgan fingerprint density at radius 1 is 0.519 bits per heavy atom. The van der Waals surface area contributed by atoms with Crippen LogP contribution in [0.1, 0.15) is 147 Å². The number of benzene rings is 6. The number of amides is 1. The minimum atomic E-state index is 0.224. The topological polar surface area (TPSA) is 158 Å². The van der Waals surface area contributed by atoms with Gasteiger partial charge in [-0.15, -0.1) is 0 Å². The molecule has 6 aromatic rings. The molecule has 8 rings (SSSR count). The Morgan fingerprint density at radius 2 is 0.951 bits per heavy atom. The van der Waals surface area contributed by atoms with E-state index in [0.29, 0.717) is 45.8 Å². The number of ether oxygens (including phenoxy) is 4. The summed E-state index contributed by atoms with van der Waals surface area (Å²) >= 11 is 0. The lowest BCUT2D eigenvalue weighted by molar-refractivity contribution is -0.191. The molecule has 12 nitrogen and oxygen atoms in total. The van der Waals surface area contributed by atoms with Crippen molar-refractivity contribution in [1.29, 1.82) is 0 Å². The zero-order valence-corrected chi connectivity index (χ0v) is 48.6. The summed E-state index contributed by atoms with van der Waals surface area (Å²) in [7, 11) is 0. The van der Waals surface area contributed by atoms with Crippen LogP contribution in [0.3, 0.4) is 0 Å². The van der Waals surface area contributed by atoms with Crippen molar-refractivity contribution >= 4 is 24.1 Å². The number of hydrogen-bond donors (Lipinski definition) is 3. The molecule has 0 saturated heterocycles. The largest absolute Gasteiger partial charge is 0.493 e. The summed E-state index contributed by atoms with van der Waals surface area (Å²) in [5, 5.41) is 9.80. The molecule has 12 heteroatoms. The highest BCUT2D eigenvalue weighted by Crippen LogP contribution is 2.42. The van der Waals surface area contributed by atoms with Gasteiger partial charge in [0.2, 0.25) is 6.41 Å². The van der Waals surface area contributed by atoms with Gasteiger partial charge in [-0.1, -0.05) is 117 Å². The molecule has 2 aliphatic rings. The molecule has 0 radical (unpaired) electrons. The van der Waals surface area contributed by atoms with E-state index in [9.17, 15) is 14.4 Å². The van der Waals surface area contributed by atoms with E-state index in [-0.39, 0.29) is 17.7 Å². The molecule has 0 saturated carbocycles. The van der Waals surface area contributed by atoms with E-state index in [1.807, 2.05) is 6.07 Å². The lowest BCUT2D eigenvalue weighted by Gasteiger charge is -2.20. The molecule has 6 aromatic carbocycles. The maximum Gasteiger partial charge on any atom is 0.373 e. The molecule has 0 bridgehead atoms. The molecule has 81 heavy (non-hydrogen) atoms. The van der Waals surface area contributed by atoms with Gasteiger partial charge in [0.1, 0.15) is 47.8 Å². The van der Waals surface area contributed by atoms with E-state index < -0.39 is 0 Å². The number of Topliss-reactive ketones (excluding diaryl/α,β-unsaturated/α-hetero) is 2. The number of carbonyl (C=O) groups excluding carboxylic acids is 5. The third kappa shape index (κ3) is 19.4. The maximum atomic E-state index is 11.3. The number of carbonyl (C=O) groups is 3. The van der Waals surface area contributed by atoms with Gasteiger partial charge in [-0.3, -0.25) is 4.79 Å². The molecule has 0 spiro atoms. The lowest BCUT2D eigenvalue weighted by Crippen LogP contribution is -2.18. The highest BCUT2D eigenvalue weighted by Gasteiger charge is 2.26. The van der Waals surface area contributed by atoms with E-state index in [2.05, 4.69) is 140 Å². The minimum absolute atomic E-state index is 0.224. The number of fused-ring (bicyclic) bond motifs is 2. The second-order valence-corrected chi connectivity index (χ2v) is 21.0. The summed E-state index contributed by atoms with van der Waals surface area (Å²) in [5.41, 5.74) is 17.6. The predicted octanol–water partition coefficient (Wildman–Crippen LogP) is 13.3. The van der Waals surface area contributed by atoms with Crippen LogP contribution in [-0.4, -0.2) is 57.0 Å². The van der Waals surface area contributed by atoms with Gasteiger partial charge in [-0.05, 0) is 178 Å². The van der Waals surface area contributed by atoms with E-state index >= 15 is 0 Å². The summed E-state index contributed by atoms with van der Waals surface area (Å²) in [5.74, 6) is 4.17.